The Balaban J connectivity index is 1.11. The number of aliphatic hydroxyl groups excluding tert-OH is 1. The molecule has 7 aliphatic rings. The first-order valence-corrected chi connectivity index (χ1v) is 16.4. The lowest BCUT2D eigenvalue weighted by atomic mass is 9.51. The number of oxazole rings is 1. The molecule has 1 aromatic carbocycles. The van der Waals surface area contributed by atoms with Gasteiger partial charge >= 0.3 is 0 Å². The van der Waals surface area contributed by atoms with Crippen LogP contribution in [0.15, 0.2) is 22.8 Å². The van der Waals surface area contributed by atoms with Gasteiger partial charge in [-0.15, -0.1) is 0 Å². The topological polar surface area (TPSA) is 213 Å². The average molecular weight is 647 g/mol. The van der Waals surface area contributed by atoms with E-state index < -0.39 is 76.2 Å². The van der Waals surface area contributed by atoms with Crippen LogP contribution in [-0.4, -0.2) is 86.1 Å². The Morgan fingerprint density at radius 3 is 2.32 bits per heavy atom. The highest BCUT2D eigenvalue weighted by Crippen LogP contribution is 2.60. The summed E-state index contributed by atoms with van der Waals surface area (Å²) < 4.78 is 5.77. The lowest BCUT2D eigenvalue weighted by Crippen LogP contribution is -2.77. The minimum Gasteiger partial charge on any atom is -0.505 e. The lowest BCUT2D eigenvalue weighted by Gasteiger charge is -2.54. The van der Waals surface area contributed by atoms with Crippen LogP contribution in [0.2, 0.25) is 0 Å². The van der Waals surface area contributed by atoms with Crippen LogP contribution in [0.3, 0.4) is 0 Å². The predicted octanol–water partition coefficient (Wildman–Crippen LogP) is 1.11. The normalized spacial score (nSPS) is 40.3. The molecule has 0 saturated heterocycles. The third-order valence-electron chi connectivity index (χ3n) is 12.4. The lowest BCUT2D eigenvalue weighted by molar-refractivity contribution is -0.195. The molecule has 1 heterocycles. The van der Waals surface area contributed by atoms with Crippen molar-refractivity contribution in [3.63, 3.8) is 0 Å². The summed E-state index contributed by atoms with van der Waals surface area (Å²) in [5.74, 6) is -9.77. The maximum Gasteiger partial charge on any atom is 0.299 e. The number of likely N-dealkylation sites (N-methyl/N-ethyl adjacent to an activating group) is 1. The summed E-state index contributed by atoms with van der Waals surface area (Å²) in [6.45, 7) is 0. The van der Waals surface area contributed by atoms with Gasteiger partial charge in [0.25, 0.3) is 6.01 Å². The number of nitrogens with two attached hydrogens (primary N) is 1. The largest absolute Gasteiger partial charge is 0.505 e. The van der Waals surface area contributed by atoms with Gasteiger partial charge in [-0.25, -0.2) is 0 Å². The molecule has 13 nitrogen and oxygen atoms in total. The molecule has 6 saturated carbocycles. The number of nitrogens with zero attached hydrogens (tertiary/aromatic N) is 2. The van der Waals surface area contributed by atoms with E-state index in [2.05, 4.69) is 5.32 Å². The van der Waals surface area contributed by atoms with Gasteiger partial charge in [-0.05, 0) is 87.9 Å². The van der Waals surface area contributed by atoms with Crippen LogP contribution in [-0.2, 0) is 25.6 Å². The van der Waals surface area contributed by atoms with E-state index in [9.17, 15) is 39.3 Å². The maximum absolute atomic E-state index is 14.1. The maximum atomic E-state index is 14.1. The van der Waals surface area contributed by atoms with E-state index in [1.165, 1.54) is 51.1 Å². The third-order valence-corrected chi connectivity index (χ3v) is 12.4. The number of aromatic hydroxyl groups is 1. The second kappa shape index (κ2) is 10.3. The van der Waals surface area contributed by atoms with Gasteiger partial charge < -0.3 is 30.8 Å². The average Bonchev–Trinajstić information content (AvgIpc) is 3.45. The fraction of sp³-hybridized carbons (Fsp3) is 0.588. The number of phenolic OH excluding ortho intramolecular Hbond substituents is 1. The number of hydrogen-bond donors (Lipinski definition) is 5. The monoisotopic (exact) mass is 646 g/mol. The molecule has 6 fully saturated rings. The van der Waals surface area contributed by atoms with Crippen LogP contribution >= 0.6 is 0 Å². The minimum absolute atomic E-state index is 0.0591. The van der Waals surface area contributed by atoms with Crippen molar-refractivity contribution in [2.24, 2.45) is 53.1 Å². The van der Waals surface area contributed by atoms with Crippen molar-refractivity contribution in [1.29, 1.82) is 0 Å². The molecule has 6 N–H and O–H groups in total. The number of amides is 1. The molecule has 2 aromatic rings. The van der Waals surface area contributed by atoms with Crippen molar-refractivity contribution < 1.29 is 43.7 Å². The van der Waals surface area contributed by atoms with E-state index in [-0.39, 0.29) is 23.7 Å². The molecule has 2 unspecified atom stereocenters. The predicted molar refractivity (Wildman–Crippen MR) is 162 cm³/mol. The number of phenols is 1. The second-order valence-electron chi connectivity index (χ2n) is 15.0. The van der Waals surface area contributed by atoms with Crippen molar-refractivity contribution in [3.8, 4) is 5.75 Å². The molecule has 7 aliphatic carbocycles. The number of nitrogens with one attached hydrogen (secondary N) is 1. The van der Waals surface area contributed by atoms with Crippen LogP contribution in [0.5, 0.6) is 5.75 Å². The first kappa shape index (κ1) is 30.4. The number of fused-ring (bicyclic) bond motifs is 3. The van der Waals surface area contributed by atoms with Crippen molar-refractivity contribution >= 4 is 40.7 Å². The Bertz CT molecular complexity index is 1720. The van der Waals surface area contributed by atoms with Crippen LogP contribution in [0, 0.1) is 47.3 Å². The fourth-order valence-electron chi connectivity index (χ4n) is 10.7. The number of carbonyl (C=O) groups excluding carboxylic acids is 5. The summed E-state index contributed by atoms with van der Waals surface area (Å²) >= 11 is 0. The van der Waals surface area contributed by atoms with Crippen LogP contribution < -0.4 is 11.1 Å². The summed E-state index contributed by atoms with van der Waals surface area (Å²) in [6, 6.07) is 1.89. The molecule has 4 bridgehead atoms. The number of benzene rings is 1. The molecular weight excluding hydrogens is 608 g/mol. The molecule has 7 atom stereocenters. The van der Waals surface area contributed by atoms with Crippen molar-refractivity contribution in [2.45, 2.75) is 62.2 Å². The molecule has 9 rings (SSSR count). The fourth-order valence-corrected chi connectivity index (χ4v) is 10.7. The third kappa shape index (κ3) is 4.12. The van der Waals surface area contributed by atoms with E-state index in [4.69, 9.17) is 15.1 Å². The van der Waals surface area contributed by atoms with Crippen LogP contribution in [0.25, 0.3) is 0 Å². The summed E-state index contributed by atoms with van der Waals surface area (Å²) in [4.78, 5) is 73.1. The van der Waals surface area contributed by atoms with Gasteiger partial charge in [-0.2, -0.15) is 4.98 Å². The van der Waals surface area contributed by atoms with Crippen molar-refractivity contribution in [1.82, 2.24) is 9.88 Å². The smallest absolute Gasteiger partial charge is 0.299 e. The van der Waals surface area contributed by atoms with Crippen molar-refractivity contribution in [3.05, 3.63) is 35.2 Å². The first-order valence-electron chi connectivity index (χ1n) is 16.4. The Kier molecular flexibility index (Phi) is 6.65. The van der Waals surface area contributed by atoms with Gasteiger partial charge in [0.15, 0.2) is 34.7 Å². The zero-order valence-electron chi connectivity index (χ0n) is 26.1. The summed E-state index contributed by atoms with van der Waals surface area (Å²) in [7, 11) is 2.90. The van der Waals surface area contributed by atoms with Gasteiger partial charge in [0.1, 0.15) is 12.0 Å². The number of aliphatic hydroxyl groups is 2. The molecule has 13 heteroatoms. The molecule has 0 radical (unpaired) electrons. The van der Waals surface area contributed by atoms with Gasteiger partial charge in [-0.3, -0.25) is 28.9 Å². The Labute approximate surface area is 269 Å². The van der Waals surface area contributed by atoms with E-state index >= 15 is 0 Å². The van der Waals surface area contributed by atoms with E-state index in [1.807, 2.05) is 0 Å². The number of Topliss-reactive ketones (excluding diaryl/α,β-unsaturated/α-hetero) is 4. The van der Waals surface area contributed by atoms with Crippen LogP contribution in [0.4, 0.5) is 11.7 Å². The number of anilines is 2. The zero-order chi connectivity index (χ0) is 33.3. The molecular formula is C34H38N4O9. The molecule has 1 amide bonds. The Morgan fingerprint density at radius 2 is 1.70 bits per heavy atom. The van der Waals surface area contributed by atoms with E-state index in [0.29, 0.717) is 23.3 Å². The number of ketones is 4. The van der Waals surface area contributed by atoms with Gasteiger partial charge in [-0.1, -0.05) is 6.07 Å². The molecule has 1 aromatic heterocycles. The molecule has 47 heavy (non-hydrogen) atoms. The van der Waals surface area contributed by atoms with E-state index in [1.54, 1.807) is 18.4 Å². The minimum atomic E-state index is -3.03. The highest BCUT2D eigenvalue weighted by Gasteiger charge is 2.72. The molecule has 0 spiro atoms. The number of rotatable bonds is 5. The Hall–Kier alpha value is -3.94. The standard InChI is InChI=1S/C34H38N4O9/c1-38(2)25-24-26(39)17-10-14-3-4-18(36-33-37-19(11-47-33)20-15-6-12-5-13(8-15)9-16(20)7-12)27(40)21(14)28(41)22(17)30(43)34(24,46)31(44)23(29(25)42)32(35)45/h3-4,11-13,15-17,20,22-26,39-40,46H,5-10H2,1-2H3,(H2,35,45)(H,36,37)/t12?,13?,15?,16?,17-,20?,22?,23?,24-,25+,26+,34+/m0/s1. The Morgan fingerprint density at radius 1 is 1.04 bits per heavy atom. The second-order valence-corrected chi connectivity index (χ2v) is 15.0. The zero-order valence-corrected chi connectivity index (χ0v) is 26.1. The summed E-state index contributed by atoms with van der Waals surface area (Å²) in [6.07, 6.45) is 6.14. The number of hydrogen-bond acceptors (Lipinski definition) is 12. The highest BCUT2D eigenvalue weighted by atomic mass is 16.4. The van der Waals surface area contributed by atoms with Gasteiger partial charge in [0.05, 0.1) is 40.9 Å². The number of aromatic nitrogens is 1. The van der Waals surface area contributed by atoms with Gasteiger partial charge in [0.2, 0.25) is 5.91 Å². The first-order chi connectivity index (χ1) is 22.3. The van der Waals surface area contributed by atoms with Crippen LogP contribution in [0.1, 0.15) is 59.6 Å². The molecule has 0 aliphatic heterocycles. The van der Waals surface area contributed by atoms with E-state index in [0.717, 1.165) is 17.5 Å². The summed E-state index contributed by atoms with van der Waals surface area (Å²) in [5, 5.41) is 37.7. The number of primary amides is 1. The summed E-state index contributed by atoms with van der Waals surface area (Å²) in [5.41, 5.74) is 3.47. The van der Waals surface area contributed by atoms with Crippen molar-refractivity contribution in [2.75, 3.05) is 19.4 Å². The quantitative estimate of drug-likeness (QED) is 0.228. The van der Waals surface area contributed by atoms with Gasteiger partial charge in [0, 0.05) is 11.8 Å². The number of carbonyl (C=O) groups is 5. The highest BCUT2D eigenvalue weighted by molar-refractivity contribution is 6.32. The molecule has 248 valence electrons. The SMILES string of the molecule is CN(C)[C@H]1C(=O)C(C(N)=O)C(=O)[C@]2(O)C(=O)C3C(=O)c4c(ccc(Nc5nc(C6C7CC8CC(C7)CC6C8)co5)c4O)C[C@@H]3[C@@H](O)[C@H]12.